The van der Waals surface area contributed by atoms with Gasteiger partial charge in [0.05, 0.1) is 6.10 Å². The van der Waals surface area contributed by atoms with Crippen LogP contribution < -0.4 is 0 Å². The van der Waals surface area contributed by atoms with Gasteiger partial charge in [-0.2, -0.15) is 0 Å². The first-order valence-electron chi connectivity index (χ1n) is 5.35. The summed E-state index contributed by atoms with van der Waals surface area (Å²) in [7, 11) is 0. The molecule has 0 aromatic rings. The Bertz CT molecular complexity index is 193. The molecule has 0 amide bonds. The van der Waals surface area contributed by atoms with Crippen molar-refractivity contribution in [2.75, 3.05) is 6.61 Å². The summed E-state index contributed by atoms with van der Waals surface area (Å²) in [5, 5.41) is 0. The Kier molecular flexibility index (Phi) is 3.93. The van der Waals surface area contributed by atoms with E-state index in [2.05, 4.69) is 0 Å². The number of rotatable bonds is 4. The highest BCUT2D eigenvalue weighted by molar-refractivity contribution is 5.71. The molecule has 3 nitrogen and oxygen atoms in total. The molecule has 14 heavy (non-hydrogen) atoms. The lowest BCUT2D eigenvalue weighted by molar-refractivity contribution is -0.164. The Morgan fingerprint density at radius 3 is 2.43 bits per heavy atom. The maximum Gasteiger partial charge on any atom is 0.332 e. The Balaban J connectivity index is 2.25. The van der Waals surface area contributed by atoms with Gasteiger partial charge in [0.25, 0.3) is 0 Å². The van der Waals surface area contributed by atoms with Crippen molar-refractivity contribution in [3.8, 4) is 0 Å². The van der Waals surface area contributed by atoms with Gasteiger partial charge < -0.3 is 9.47 Å². The molecule has 0 atom stereocenters. The zero-order valence-corrected chi connectivity index (χ0v) is 9.34. The van der Waals surface area contributed by atoms with E-state index in [1.165, 1.54) is 0 Å². The molecule has 0 saturated heterocycles. The van der Waals surface area contributed by atoms with E-state index in [0.717, 1.165) is 25.7 Å². The highest BCUT2D eigenvalue weighted by Crippen LogP contribution is 2.32. The molecule has 1 aliphatic carbocycles. The number of hydrogen-bond donors (Lipinski definition) is 0. The highest BCUT2D eigenvalue weighted by atomic mass is 16.6. The quantitative estimate of drug-likeness (QED) is 0.653. The summed E-state index contributed by atoms with van der Waals surface area (Å²) < 4.78 is 10.6. The molecule has 0 aliphatic heterocycles. The summed E-state index contributed by atoms with van der Waals surface area (Å²) in [6.45, 7) is 5.90. The van der Waals surface area contributed by atoms with Crippen molar-refractivity contribution >= 4 is 5.97 Å². The molecule has 1 fully saturated rings. The van der Waals surface area contributed by atoms with E-state index in [1.807, 2.05) is 20.8 Å². The maximum absolute atomic E-state index is 11.4. The van der Waals surface area contributed by atoms with Crippen LogP contribution in [-0.2, 0) is 14.3 Å². The number of carbonyl (C=O) groups excluding carboxylic acids is 1. The molecule has 0 aromatic heterocycles. The summed E-state index contributed by atoms with van der Waals surface area (Å²) in [5.74, 6) is -0.233. The van der Waals surface area contributed by atoms with E-state index in [1.54, 1.807) is 0 Å². The van der Waals surface area contributed by atoms with E-state index < -0.39 is 0 Å². The van der Waals surface area contributed by atoms with Crippen molar-refractivity contribution < 1.29 is 14.3 Å². The summed E-state index contributed by atoms with van der Waals surface area (Å²) >= 11 is 0. The molecule has 82 valence electrons. The highest BCUT2D eigenvalue weighted by Gasteiger charge is 2.32. The van der Waals surface area contributed by atoms with E-state index >= 15 is 0 Å². The van der Waals surface area contributed by atoms with Gasteiger partial charge in [-0.15, -0.1) is 0 Å². The smallest absolute Gasteiger partial charge is 0.332 e. The Morgan fingerprint density at radius 1 is 1.36 bits per heavy atom. The van der Waals surface area contributed by atoms with Crippen LogP contribution in [0.25, 0.3) is 0 Å². The van der Waals surface area contributed by atoms with Crippen molar-refractivity contribution in [3.05, 3.63) is 0 Å². The van der Waals surface area contributed by atoms with Crippen LogP contribution in [-0.4, -0.2) is 24.3 Å². The van der Waals surface area contributed by atoms with Gasteiger partial charge in [0.1, 0.15) is 12.2 Å². The summed E-state index contributed by atoms with van der Waals surface area (Å²) in [4.78, 5) is 11.4. The molecule has 0 spiro atoms. The van der Waals surface area contributed by atoms with Gasteiger partial charge in [0.2, 0.25) is 0 Å². The van der Waals surface area contributed by atoms with Crippen molar-refractivity contribution in [3.63, 3.8) is 0 Å². The molecule has 0 N–H and O–H groups in total. The fourth-order valence-corrected chi connectivity index (χ4v) is 1.76. The molecule has 0 heterocycles. The van der Waals surface area contributed by atoms with Crippen LogP contribution in [0.2, 0.25) is 0 Å². The average Bonchev–Trinajstić information content (AvgIpc) is 2.48. The van der Waals surface area contributed by atoms with Crippen LogP contribution in [0, 0.1) is 0 Å². The Morgan fingerprint density at radius 2 is 1.93 bits per heavy atom. The lowest BCUT2D eigenvalue weighted by atomic mass is 10.1. The van der Waals surface area contributed by atoms with Crippen LogP contribution in [0.1, 0.15) is 46.5 Å². The Hall–Kier alpha value is -0.570. The van der Waals surface area contributed by atoms with Crippen molar-refractivity contribution in [2.45, 2.75) is 58.2 Å². The predicted molar refractivity (Wildman–Crippen MR) is 54.1 cm³/mol. The van der Waals surface area contributed by atoms with Gasteiger partial charge in [-0.05, 0) is 46.5 Å². The van der Waals surface area contributed by atoms with Gasteiger partial charge in [0, 0.05) is 0 Å². The van der Waals surface area contributed by atoms with Crippen LogP contribution in [0.3, 0.4) is 0 Å². The normalized spacial score (nSPS) is 20.0. The van der Waals surface area contributed by atoms with Crippen LogP contribution in [0.5, 0.6) is 0 Å². The topological polar surface area (TPSA) is 35.5 Å². The van der Waals surface area contributed by atoms with Gasteiger partial charge in [0.15, 0.2) is 0 Å². The first-order valence-corrected chi connectivity index (χ1v) is 5.35. The van der Waals surface area contributed by atoms with Gasteiger partial charge in [-0.25, -0.2) is 4.79 Å². The second kappa shape index (κ2) is 4.78. The second-order valence-electron chi connectivity index (χ2n) is 4.49. The van der Waals surface area contributed by atoms with E-state index in [0.29, 0.717) is 0 Å². The van der Waals surface area contributed by atoms with Gasteiger partial charge >= 0.3 is 5.97 Å². The SMILES string of the molecule is CC(C)OCC(=O)OC1(C)CCCC1. The fraction of sp³-hybridized carbons (Fsp3) is 0.909. The van der Waals surface area contributed by atoms with Crippen LogP contribution >= 0.6 is 0 Å². The predicted octanol–water partition coefficient (Wildman–Crippen LogP) is 2.29. The molecular formula is C11H20O3. The third-order valence-electron chi connectivity index (χ3n) is 2.56. The molecular weight excluding hydrogens is 180 g/mol. The van der Waals surface area contributed by atoms with Crippen molar-refractivity contribution in [1.82, 2.24) is 0 Å². The van der Waals surface area contributed by atoms with E-state index in [9.17, 15) is 4.79 Å². The zero-order chi connectivity index (χ0) is 10.6. The lowest BCUT2D eigenvalue weighted by Gasteiger charge is -2.24. The number of hydrogen-bond acceptors (Lipinski definition) is 3. The monoisotopic (exact) mass is 200 g/mol. The minimum absolute atomic E-state index is 0.0766. The number of ether oxygens (including phenoxy) is 2. The zero-order valence-electron chi connectivity index (χ0n) is 9.34. The Labute approximate surface area is 85.8 Å². The van der Waals surface area contributed by atoms with Gasteiger partial charge in [-0.3, -0.25) is 0 Å². The molecule has 1 saturated carbocycles. The molecule has 1 aliphatic rings. The van der Waals surface area contributed by atoms with Crippen molar-refractivity contribution in [1.29, 1.82) is 0 Å². The summed E-state index contributed by atoms with van der Waals surface area (Å²) in [6.07, 6.45) is 4.38. The van der Waals surface area contributed by atoms with E-state index in [4.69, 9.17) is 9.47 Å². The minimum Gasteiger partial charge on any atom is -0.458 e. The van der Waals surface area contributed by atoms with Crippen LogP contribution in [0.4, 0.5) is 0 Å². The molecule has 1 rings (SSSR count). The standard InChI is InChI=1S/C11H20O3/c1-9(2)13-8-10(12)14-11(3)6-4-5-7-11/h9H,4-8H2,1-3H3. The third kappa shape index (κ3) is 3.66. The first-order chi connectivity index (χ1) is 6.52. The molecule has 0 radical (unpaired) electrons. The summed E-state index contributed by atoms with van der Waals surface area (Å²) in [5.41, 5.74) is -0.225. The van der Waals surface area contributed by atoms with E-state index in [-0.39, 0.29) is 24.3 Å². The lowest BCUT2D eigenvalue weighted by Crippen LogP contribution is -2.30. The van der Waals surface area contributed by atoms with Gasteiger partial charge in [-0.1, -0.05) is 0 Å². The molecule has 3 heteroatoms. The van der Waals surface area contributed by atoms with Crippen LogP contribution in [0.15, 0.2) is 0 Å². The largest absolute Gasteiger partial charge is 0.458 e. The molecule has 0 bridgehead atoms. The maximum atomic E-state index is 11.4. The number of carbonyl (C=O) groups is 1. The average molecular weight is 200 g/mol. The summed E-state index contributed by atoms with van der Waals surface area (Å²) in [6, 6.07) is 0. The minimum atomic E-state index is -0.233. The first kappa shape index (κ1) is 11.5. The molecule has 0 aromatic carbocycles. The third-order valence-corrected chi connectivity index (χ3v) is 2.56. The number of esters is 1. The second-order valence-corrected chi connectivity index (χ2v) is 4.49. The van der Waals surface area contributed by atoms with Crippen molar-refractivity contribution in [2.24, 2.45) is 0 Å². The fourth-order valence-electron chi connectivity index (χ4n) is 1.76. The molecule has 0 unspecified atom stereocenters.